The van der Waals surface area contributed by atoms with Crippen LogP contribution in [0.25, 0.3) is 0 Å². The minimum atomic E-state index is -0.591. The molecule has 1 heterocycles. The Hall–Kier alpha value is -1.54. The van der Waals surface area contributed by atoms with E-state index in [0.29, 0.717) is 26.3 Å². The summed E-state index contributed by atoms with van der Waals surface area (Å²) in [6, 6.07) is 7.35. The third-order valence-corrected chi connectivity index (χ3v) is 4.01. The molecule has 1 atom stereocenters. The van der Waals surface area contributed by atoms with Crippen LogP contribution in [-0.2, 0) is 14.3 Å². The van der Waals surface area contributed by atoms with Crippen LogP contribution in [0.1, 0.15) is 0 Å². The maximum Gasteiger partial charge on any atom is 0.241 e. The number of anilines is 1. The van der Waals surface area contributed by atoms with Gasteiger partial charge in [0.15, 0.2) is 0 Å². The van der Waals surface area contributed by atoms with Crippen molar-refractivity contribution in [3.05, 3.63) is 24.3 Å². The Morgan fingerprint density at radius 1 is 1.12 bits per heavy atom. The molecular weight excluding hydrogens is 346 g/mol. The fraction of sp³-hybridized carbons (Fsp3) is 0.588. The zero-order valence-corrected chi connectivity index (χ0v) is 15.7. The molecule has 8 heteroatoms. The van der Waals surface area contributed by atoms with Crippen LogP contribution in [0, 0.1) is 0 Å². The van der Waals surface area contributed by atoms with E-state index in [0.717, 1.165) is 24.5 Å². The summed E-state index contributed by atoms with van der Waals surface area (Å²) in [5.74, 6) is 0.784. The Balaban J connectivity index is 0.00000312. The smallest absolute Gasteiger partial charge is 0.241 e. The van der Waals surface area contributed by atoms with Crippen LogP contribution in [0.4, 0.5) is 5.69 Å². The zero-order chi connectivity index (χ0) is 17.4. The third-order valence-electron chi connectivity index (χ3n) is 4.01. The number of amides is 1. The first kappa shape index (κ1) is 21.5. The standard InChI is InChI=1S/C17H27N3O4.ClH/c1-22-11-12-24-16-6-4-3-5-15(16)19-7-9-20(10-8-19)17(21)14(18)13-23-2;/h3-6,14H,7-13,18H2,1-2H3;1H. The van der Waals surface area contributed by atoms with E-state index in [-0.39, 0.29) is 24.9 Å². The summed E-state index contributed by atoms with van der Waals surface area (Å²) in [5, 5.41) is 0. The normalized spacial score (nSPS) is 15.5. The lowest BCUT2D eigenvalue weighted by molar-refractivity contribution is -0.134. The molecule has 1 fully saturated rings. The molecule has 2 N–H and O–H groups in total. The fourth-order valence-electron chi connectivity index (χ4n) is 2.73. The highest BCUT2D eigenvalue weighted by Gasteiger charge is 2.26. The molecule has 0 saturated carbocycles. The van der Waals surface area contributed by atoms with Crippen molar-refractivity contribution in [3.63, 3.8) is 0 Å². The average Bonchev–Trinajstić information content (AvgIpc) is 2.62. The number of benzene rings is 1. The van der Waals surface area contributed by atoms with E-state index in [1.54, 1.807) is 19.1 Å². The molecule has 1 aliphatic rings. The predicted octanol–water partition coefficient (Wildman–Crippen LogP) is 0.756. The molecule has 0 radical (unpaired) electrons. The van der Waals surface area contributed by atoms with Crippen molar-refractivity contribution in [1.29, 1.82) is 0 Å². The number of para-hydroxylation sites is 2. The number of hydrogen-bond donors (Lipinski definition) is 1. The van der Waals surface area contributed by atoms with Gasteiger partial charge >= 0.3 is 0 Å². The van der Waals surface area contributed by atoms with Crippen molar-refractivity contribution in [3.8, 4) is 5.75 Å². The molecule has 142 valence electrons. The topological polar surface area (TPSA) is 77.3 Å². The summed E-state index contributed by atoms with van der Waals surface area (Å²) in [4.78, 5) is 16.3. The third kappa shape index (κ3) is 6.04. The number of halogens is 1. The SMILES string of the molecule is COCCOc1ccccc1N1CCN(C(=O)C(N)COC)CC1.Cl. The maximum absolute atomic E-state index is 12.2. The molecule has 0 spiro atoms. The largest absolute Gasteiger partial charge is 0.489 e. The van der Waals surface area contributed by atoms with Crippen LogP contribution < -0.4 is 15.4 Å². The monoisotopic (exact) mass is 373 g/mol. The molecule has 1 amide bonds. The second kappa shape index (κ2) is 11.1. The highest BCUT2D eigenvalue weighted by molar-refractivity contribution is 5.85. The Morgan fingerprint density at radius 3 is 2.44 bits per heavy atom. The van der Waals surface area contributed by atoms with Gasteiger partial charge in [0.05, 0.1) is 18.9 Å². The van der Waals surface area contributed by atoms with E-state index in [1.807, 2.05) is 24.3 Å². The summed E-state index contributed by atoms with van der Waals surface area (Å²) < 4.78 is 15.8. The highest BCUT2D eigenvalue weighted by Crippen LogP contribution is 2.28. The number of carbonyl (C=O) groups excluding carboxylic acids is 1. The second-order valence-corrected chi connectivity index (χ2v) is 5.68. The molecule has 25 heavy (non-hydrogen) atoms. The predicted molar refractivity (Wildman–Crippen MR) is 99.7 cm³/mol. The number of ether oxygens (including phenoxy) is 3. The van der Waals surface area contributed by atoms with Gasteiger partial charge in [-0.25, -0.2) is 0 Å². The molecule has 0 bridgehead atoms. The van der Waals surface area contributed by atoms with E-state index in [9.17, 15) is 4.79 Å². The maximum atomic E-state index is 12.2. The molecule has 1 aromatic carbocycles. The number of piperazine rings is 1. The van der Waals surface area contributed by atoms with Crippen molar-refractivity contribution in [2.45, 2.75) is 6.04 Å². The number of carbonyl (C=O) groups is 1. The van der Waals surface area contributed by atoms with Gasteiger partial charge in [-0.15, -0.1) is 12.4 Å². The molecule has 1 saturated heterocycles. The van der Waals surface area contributed by atoms with Crippen LogP contribution in [0.2, 0.25) is 0 Å². The van der Waals surface area contributed by atoms with E-state index < -0.39 is 6.04 Å². The molecule has 7 nitrogen and oxygen atoms in total. The lowest BCUT2D eigenvalue weighted by Gasteiger charge is -2.37. The van der Waals surface area contributed by atoms with Crippen LogP contribution in [0.15, 0.2) is 24.3 Å². The van der Waals surface area contributed by atoms with Crippen molar-refractivity contribution in [1.82, 2.24) is 4.90 Å². The Bertz CT molecular complexity index is 524. The van der Waals surface area contributed by atoms with E-state index in [4.69, 9.17) is 19.9 Å². The van der Waals surface area contributed by atoms with Gasteiger partial charge in [0, 0.05) is 40.4 Å². The summed E-state index contributed by atoms with van der Waals surface area (Å²) in [5.41, 5.74) is 6.88. The van der Waals surface area contributed by atoms with Crippen LogP contribution in [-0.4, -0.2) is 77.1 Å². The summed E-state index contributed by atoms with van der Waals surface area (Å²) >= 11 is 0. The van der Waals surface area contributed by atoms with Crippen molar-refractivity contribution in [2.75, 3.05) is 65.1 Å². The lowest BCUT2D eigenvalue weighted by Crippen LogP contribution is -2.54. The highest BCUT2D eigenvalue weighted by atomic mass is 35.5. The van der Waals surface area contributed by atoms with E-state index in [1.165, 1.54) is 0 Å². The first-order chi connectivity index (χ1) is 11.7. The fourth-order valence-corrected chi connectivity index (χ4v) is 2.73. The Morgan fingerprint density at radius 2 is 1.80 bits per heavy atom. The Kier molecular flexibility index (Phi) is 9.59. The minimum Gasteiger partial charge on any atom is -0.489 e. The molecule has 1 unspecified atom stereocenters. The van der Waals surface area contributed by atoms with Crippen molar-refractivity contribution < 1.29 is 19.0 Å². The van der Waals surface area contributed by atoms with Crippen molar-refractivity contribution in [2.24, 2.45) is 5.73 Å². The summed E-state index contributed by atoms with van der Waals surface area (Å²) in [6.45, 7) is 4.08. The van der Waals surface area contributed by atoms with Gasteiger partial charge in [-0.3, -0.25) is 4.79 Å². The van der Waals surface area contributed by atoms with Gasteiger partial charge in [0.2, 0.25) is 5.91 Å². The molecule has 2 rings (SSSR count). The van der Waals surface area contributed by atoms with Gasteiger partial charge in [0.25, 0.3) is 0 Å². The summed E-state index contributed by atoms with van der Waals surface area (Å²) in [7, 11) is 3.20. The Labute approximate surface area is 155 Å². The molecule has 0 aliphatic carbocycles. The summed E-state index contributed by atoms with van der Waals surface area (Å²) in [6.07, 6.45) is 0. The average molecular weight is 374 g/mol. The van der Waals surface area contributed by atoms with Gasteiger partial charge < -0.3 is 29.7 Å². The quantitative estimate of drug-likeness (QED) is 0.678. The molecule has 0 aromatic heterocycles. The number of methoxy groups -OCH3 is 2. The van der Waals surface area contributed by atoms with Gasteiger partial charge in [-0.1, -0.05) is 12.1 Å². The first-order valence-electron chi connectivity index (χ1n) is 8.16. The van der Waals surface area contributed by atoms with Crippen molar-refractivity contribution >= 4 is 24.0 Å². The van der Waals surface area contributed by atoms with Gasteiger partial charge in [-0.05, 0) is 12.1 Å². The van der Waals surface area contributed by atoms with E-state index in [2.05, 4.69) is 4.90 Å². The van der Waals surface area contributed by atoms with E-state index >= 15 is 0 Å². The minimum absolute atomic E-state index is 0. The number of nitrogens with zero attached hydrogens (tertiary/aromatic N) is 2. The second-order valence-electron chi connectivity index (χ2n) is 5.68. The van der Waals surface area contributed by atoms with Crippen LogP contribution >= 0.6 is 12.4 Å². The lowest BCUT2D eigenvalue weighted by atomic mass is 10.2. The zero-order valence-electron chi connectivity index (χ0n) is 14.8. The number of nitrogens with two attached hydrogens (primary N) is 1. The molecule has 1 aliphatic heterocycles. The molecule has 1 aromatic rings. The van der Waals surface area contributed by atoms with Crippen LogP contribution in [0.3, 0.4) is 0 Å². The van der Waals surface area contributed by atoms with Crippen LogP contribution in [0.5, 0.6) is 5.75 Å². The van der Waals surface area contributed by atoms with Gasteiger partial charge in [0.1, 0.15) is 18.4 Å². The van der Waals surface area contributed by atoms with Gasteiger partial charge in [-0.2, -0.15) is 0 Å². The first-order valence-corrected chi connectivity index (χ1v) is 8.16. The number of hydrogen-bond acceptors (Lipinski definition) is 6. The number of rotatable bonds is 8. The molecular formula is C17H28ClN3O4.